The van der Waals surface area contributed by atoms with Gasteiger partial charge in [-0.25, -0.2) is 4.79 Å². The van der Waals surface area contributed by atoms with Gasteiger partial charge >= 0.3 is 6.03 Å². The number of rotatable bonds is 4. The van der Waals surface area contributed by atoms with Gasteiger partial charge in [0, 0.05) is 20.0 Å². The van der Waals surface area contributed by atoms with E-state index in [0.717, 1.165) is 0 Å². The molecule has 0 aromatic rings. The summed E-state index contributed by atoms with van der Waals surface area (Å²) in [5.41, 5.74) is 0. The highest BCUT2D eigenvalue weighted by atomic mass is 35.5. The van der Waals surface area contributed by atoms with E-state index in [4.69, 9.17) is 11.6 Å². The normalized spacial score (nSPS) is 11.4. The van der Waals surface area contributed by atoms with Crippen LogP contribution in [-0.4, -0.2) is 36.8 Å². The van der Waals surface area contributed by atoms with Crippen molar-refractivity contribution in [3.63, 3.8) is 0 Å². The van der Waals surface area contributed by atoms with Crippen LogP contribution in [0.3, 0.4) is 0 Å². The summed E-state index contributed by atoms with van der Waals surface area (Å²) in [6, 6.07) is -0.656. The second-order valence-corrected chi connectivity index (χ2v) is 3.44. The molecule has 0 aromatic carbocycles. The number of alkyl halides is 1. The number of urea groups is 1. The Balaban J connectivity index is 3.67. The van der Waals surface area contributed by atoms with E-state index in [1.54, 1.807) is 0 Å². The first-order valence-electron chi connectivity index (χ1n) is 4.40. The lowest BCUT2D eigenvalue weighted by Gasteiger charge is -2.06. The van der Waals surface area contributed by atoms with Gasteiger partial charge in [-0.05, 0) is 6.92 Å². The van der Waals surface area contributed by atoms with Crippen molar-refractivity contribution in [3.05, 3.63) is 0 Å². The second-order valence-electron chi connectivity index (χ2n) is 2.78. The van der Waals surface area contributed by atoms with E-state index in [1.165, 1.54) is 14.0 Å². The first-order valence-corrected chi connectivity index (χ1v) is 4.84. The summed E-state index contributed by atoms with van der Waals surface area (Å²) < 4.78 is 0. The van der Waals surface area contributed by atoms with Crippen LogP contribution in [0.25, 0.3) is 0 Å². The summed E-state index contributed by atoms with van der Waals surface area (Å²) in [6.07, 6.45) is 0.161. The number of carbonyl (C=O) groups excluding carboxylic acids is 3. The maximum Gasteiger partial charge on any atom is 0.321 e. The highest BCUT2D eigenvalue weighted by molar-refractivity contribution is 6.31. The van der Waals surface area contributed by atoms with E-state index in [2.05, 4.69) is 10.6 Å². The standard InChI is InChI=1S/C8H14ClN3O3/c1-5(9)7(14)12-8(15)11-4-3-6(13)10-2/h5H,3-4H2,1-2H3,(H,10,13)(H2,11,12,14,15). The smallest absolute Gasteiger partial charge is 0.321 e. The molecule has 0 rings (SSSR count). The monoisotopic (exact) mass is 235 g/mol. The minimum atomic E-state index is -0.769. The number of hydrogen-bond acceptors (Lipinski definition) is 3. The van der Waals surface area contributed by atoms with Gasteiger partial charge in [0.05, 0.1) is 0 Å². The van der Waals surface area contributed by atoms with E-state index in [-0.39, 0.29) is 18.9 Å². The zero-order chi connectivity index (χ0) is 11.8. The zero-order valence-electron chi connectivity index (χ0n) is 8.59. The molecule has 3 N–H and O–H groups in total. The largest absolute Gasteiger partial charge is 0.359 e. The number of halogens is 1. The van der Waals surface area contributed by atoms with E-state index in [0.29, 0.717) is 0 Å². The fourth-order valence-electron chi connectivity index (χ4n) is 0.670. The maximum atomic E-state index is 11.0. The Kier molecular flexibility index (Phi) is 6.44. The van der Waals surface area contributed by atoms with Gasteiger partial charge in [0.1, 0.15) is 5.38 Å². The number of amides is 4. The van der Waals surface area contributed by atoms with Crippen LogP contribution in [0.5, 0.6) is 0 Å². The Labute approximate surface area is 92.7 Å². The first kappa shape index (κ1) is 13.7. The Morgan fingerprint density at radius 2 is 1.93 bits per heavy atom. The van der Waals surface area contributed by atoms with Gasteiger partial charge in [-0.3, -0.25) is 14.9 Å². The summed E-state index contributed by atoms with van der Waals surface area (Å²) in [6.45, 7) is 1.62. The number of nitrogens with one attached hydrogen (secondary N) is 3. The lowest BCUT2D eigenvalue weighted by atomic mass is 10.4. The van der Waals surface area contributed by atoms with Crippen molar-refractivity contribution in [1.82, 2.24) is 16.0 Å². The molecule has 0 aliphatic carbocycles. The van der Waals surface area contributed by atoms with Gasteiger partial charge in [0.25, 0.3) is 0 Å². The van der Waals surface area contributed by atoms with Gasteiger partial charge in [-0.1, -0.05) is 0 Å². The summed E-state index contributed by atoms with van der Waals surface area (Å²) >= 11 is 5.42. The molecule has 0 aliphatic rings. The summed E-state index contributed by atoms with van der Waals surface area (Å²) in [7, 11) is 1.50. The molecule has 0 saturated heterocycles. The first-order chi connectivity index (χ1) is 6.97. The molecular weight excluding hydrogens is 222 g/mol. The molecule has 0 aromatic heterocycles. The van der Waals surface area contributed by atoms with E-state index < -0.39 is 17.3 Å². The minimum Gasteiger partial charge on any atom is -0.359 e. The molecule has 86 valence electrons. The average molecular weight is 236 g/mol. The van der Waals surface area contributed by atoms with Crippen molar-refractivity contribution in [3.8, 4) is 0 Å². The number of carbonyl (C=O) groups is 3. The molecule has 0 radical (unpaired) electrons. The van der Waals surface area contributed by atoms with Gasteiger partial charge in [-0.2, -0.15) is 0 Å². The Morgan fingerprint density at radius 3 is 2.40 bits per heavy atom. The van der Waals surface area contributed by atoms with Gasteiger partial charge in [0.2, 0.25) is 11.8 Å². The summed E-state index contributed by atoms with van der Waals surface area (Å²) in [5, 5.41) is 5.99. The highest BCUT2D eigenvalue weighted by Crippen LogP contribution is 1.91. The third kappa shape index (κ3) is 6.73. The summed E-state index contributed by atoms with van der Waals surface area (Å²) in [4.78, 5) is 32.7. The van der Waals surface area contributed by atoms with Crippen LogP contribution in [0.15, 0.2) is 0 Å². The van der Waals surface area contributed by atoms with Crippen molar-refractivity contribution in [2.45, 2.75) is 18.7 Å². The zero-order valence-corrected chi connectivity index (χ0v) is 9.35. The number of imide groups is 1. The fourth-order valence-corrected chi connectivity index (χ4v) is 0.725. The molecule has 0 bridgehead atoms. The van der Waals surface area contributed by atoms with Crippen molar-refractivity contribution in [1.29, 1.82) is 0 Å². The van der Waals surface area contributed by atoms with Crippen molar-refractivity contribution in [2.24, 2.45) is 0 Å². The van der Waals surface area contributed by atoms with Crippen LogP contribution in [0.4, 0.5) is 4.79 Å². The van der Waals surface area contributed by atoms with Crippen molar-refractivity contribution < 1.29 is 14.4 Å². The lowest BCUT2D eigenvalue weighted by Crippen LogP contribution is -2.43. The third-order valence-electron chi connectivity index (χ3n) is 1.51. The van der Waals surface area contributed by atoms with E-state index in [9.17, 15) is 14.4 Å². The van der Waals surface area contributed by atoms with Crippen LogP contribution in [-0.2, 0) is 9.59 Å². The van der Waals surface area contributed by atoms with Crippen LogP contribution < -0.4 is 16.0 Å². The quantitative estimate of drug-likeness (QED) is 0.578. The average Bonchev–Trinajstić information content (AvgIpc) is 2.17. The predicted molar refractivity (Wildman–Crippen MR) is 55.5 cm³/mol. The molecule has 1 atom stereocenters. The van der Waals surface area contributed by atoms with E-state index in [1.807, 2.05) is 5.32 Å². The van der Waals surface area contributed by atoms with Crippen LogP contribution in [0, 0.1) is 0 Å². The molecule has 0 aliphatic heterocycles. The van der Waals surface area contributed by atoms with Crippen LogP contribution in [0.2, 0.25) is 0 Å². The maximum absolute atomic E-state index is 11.0. The second kappa shape index (κ2) is 7.05. The molecule has 1 unspecified atom stereocenters. The molecule has 7 heteroatoms. The molecule has 0 spiro atoms. The molecule has 0 heterocycles. The van der Waals surface area contributed by atoms with E-state index >= 15 is 0 Å². The van der Waals surface area contributed by atoms with Gasteiger partial charge in [-0.15, -0.1) is 11.6 Å². The lowest BCUT2D eigenvalue weighted by molar-refractivity contribution is -0.120. The van der Waals surface area contributed by atoms with Crippen molar-refractivity contribution in [2.75, 3.05) is 13.6 Å². The third-order valence-corrected chi connectivity index (χ3v) is 1.71. The molecule has 4 amide bonds. The Hall–Kier alpha value is -1.30. The number of hydrogen-bond donors (Lipinski definition) is 3. The molecule has 6 nitrogen and oxygen atoms in total. The topological polar surface area (TPSA) is 87.3 Å². The fraction of sp³-hybridized carbons (Fsp3) is 0.625. The van der Waals surface area contributed by atoms with Crippen molar-refractivity contribution >= 4 is 29.4 Å². The van der Waals surface area contributed by atoms with Crippen LogP contribution >= 0.6 is 11.6 Å². The Morgan fingerprint density at radius 1 is 1.33 bits per heavy atom. The molecular formula is C8H14ClN3O3. The Bertz CT molecular complexity index is 256. The molecule has 15 heavy (non-hydrogen) atoms. The van der Waals surface area contributed by atoms with Gasteiger partial charge in [0.15, 0.2) is 0 Å². The molecule has 0 fully saturated rings. The highest BCUT2D eigenvalue weighted by Gasteiger charge is 2.12. The summed E-state index contributed by atoms with van der Waals surface area (Å²) in [5.74, 6) is -0.763. The van der Waals surface area contributed by atoms with Crippen LogP contribution in [0.1, 0.15) is 13.3 Å². The molecule has 0 saturated carbocycles. The predicted octanol–water partition coefficient (Wildman–Crippen LogP) is -0.424. The minimum absolute atomic E-state index is 0.161. The van der Waals surface area contributed by atoms with Gasteiger partial charge < -0.3 is 10.6 Å². The SMILES string of the molecule is CNC(=O)CCNC(=O)NC(=O)C(C)Cl.